The van der Waals surface area contributed by atoms with Gasteiger partial charge < -0.3 is 20.7 Å². The molecule has 4 N–H and O–H groups in total. The molecule has 2 unspecified atom stereocenters. The van der Waals surface area contributed by atoms with E-state index in [1.54, 1.807) is 19.3 Å². The predicted molar refractivity (Wildman–Crippen MR) is 74.3 cm³/mol. The molecule has 0 spiro atoms. The third-order valence-corrected chi connectivity index (χ3v) is 3.20. The van der Waals surface area contributed by atoms with Gasteiger partial charge in [-0.3, -0.25) is 0 Å². The molecule has 1 heterocycles. The second-order valence-corrected chi connectivity index (χ2v) is 4.74. The maximum atomic E-state index is 11.6. The molecule has 1 aromatic heterocycles. The number of carbonyl (C=O) groups excluding carboxylic acids is 1. The van der Waals surface area contributed by atoms with Gasteiger partial charge in [-0.25, -0.2) is 14.6 Å². The molecule has 112 valence electrons. The van der Waals surface area contributed by atoms with Crippen LogP contribution in [0.5, 0.6) is 0 Å². The summed E-state index contributed by atoms with van der Waals surface area (Å²) in [6, 6.07) is -1.30. The normalized spacial score (nSPS) is 13.5. The number of carboxylic acid groups (broad SMARTS) is 1. The van der Waals surface area contributed by atoms with E-state index in [0.29, 0.717) is 13.0 Å². The zero-order chi connectivity index (χ0) is 15.0. The second kappa shape index (κ2) is 8.19. The molecule has 0 aliphatic carbocycles. The summed E-state index contributed by atoms with van der Waals surface area (Å²) < 4.78 is 0. The predicted octanol–water partition coefficient (Wildman–Crippen LogP) is 1.14. The maximum absolute atomic E-state index is 11.6. The lowest BCUT2D eigenvalue weighted by Gasteiger charge is -2.20. The number of imidazole rings is 1. The van der Waals surface area contributed by atoms with Gasteiger partial charge in [0.2, 0.25) is 0 Å². The van der Waals surface area contributed by atoms with Gasteiger partial charge in [0.1, 0.15) is 11.9 Å². The molecule has 2 atom stereocenters. The van der Waals surface area contributed by atoms with Gasteiger partial charge >= 0.3 is 12.0 Å². The van der Waals surface area contributed by atoms with E-state index in [4.69, 9.17) is 5.11 Å². The fourth-order valence-corrected chi connectivity index (χ4v) is 1.77. The molecule has 0 saturated heterocycles. The summed E-state index contributed by atoms with van der Waals surface area (Å²) in [5, 5.41) is 14.2. The molecule has 2 amide bonds. The van der Waals surface area contributed by atoms with Gasteiger partial charge in [0.15, 0.2) is 0 Å². The minimum atomic E-state index is -1.01. The summed E-state index contributed by atoms with van der Waals surface area (Å²) in [6.07, 6.45) is 5.59. The lowest BCUT2D eigenvalue weighted by molar-refractivity contribution is -0.140. The van der Waals surface area contributed by atoms with Crippen LogP contribution >= 0.6 is 0 Å². The van der Waals surface area contributed by atoms with Crippen LogP contribution in [0, 0.1) is 5.92 Å². The van der Waals surface area contributed by atoms with Crippen molar-refractivity contribution < 1.29 is 14.7 Å². The van der Waals surface area contributed by atoms with Crippen LogP contribution in [0.25, 0.3) is 0 Å². The number of nitrogens with zero attached hydrogens (tertiary/aromatic N) is 1. The Labute approximate surface area is 118 Å². The van der Waals surface area contributed by atoms with Crippen LogP contribution in [0.4, 0.5) is 4.79 Å². The summed E-state index contributed by atoms with van der Waals surface area (Å²) in [6.45, 7) is 4.17. The standard InChI is InChI=1S/C13H22N4O3/c1-3-9(2)11(12(18)19)17-13(20)16-6-4-5-10-14-7-8-15-10/h7-9,11H,3-6H2,1-2H3,(H,14,15)(H,18,19)(H2,16,17,20). The number of aromatic amines is 1. The highest BCUT2D eigenvalue weighted by Gasteiger charge is 2.24. The van der Waals surface area contributed by atoms with Crippen molar-refractivity contribution in [2.45, 2.75) is 39.2 Å². The first kappa shape index (κ1) is 16.0. The summed E-state index contributed by atoms with van der Waals surface area (Å²) in [4.78, 5) is 29.8. The number of urea groups is 1. The number of hydrogen-bond donors (Lipinski definition) is 4. The van der Waals surface area contributed by atoms with Gasteiger partial charge in [-0.2, -0.15) is 0 Å². The molecule has 0 radical (unpaired) electrons. The van der Waals surface area contributed by atoms with Crippen molar-refractivity contribution in [2.75, 3.05) is 6.54 Å². The van der Waals surface area contributed by atoms with Crippen LogP contribution < -0.4 is 10.6 Å². The van der Waals surface area contributed by atoms with E-state index in [0.717, 1.165) is 18.7 Å². The fourth-order valence-electron chi connectivity index (χ4n) is 1.77. The average molecular weight is 282 g/mol. The fraction of sp³-hybridized carbons (Fsp3) is 0.615. The number of aromatic nitrogens is 2. The molecule has 1 rings (SSSR count). The van der Waals surface area contributed by atoms with Crippen LogP contribution in [0.3, 0.4) is 0 Å². The van der Waals surface area contributed by atoms with Gasteiger partial charge in [-0.05, 0) is 12.3 Å². The molecular formula is C13H22N4O3. The Morgan fingerprint density at radius 3 is 2.80 bits per heavy atom. The topological polar surface area (TPSA) is 107 Å². The molecule has 0 fully saturated rings. The zero-order valence-corrected chi connectivity index (χ0v) is 11.8. The Balaban J connectivity index is 2.26. The van der Waals surface area contributed by atoms with E-state index in [1.165, 1.54) is 0 Å². The molecule has 0 bridgehead atoms. The molecule has 7 nitrogen and oxygen atoms in total. The molecule has 0 aromatic carbocycles. The van der Waals surface area contributed by atoms with Crippen molar-refractivity contribution in [3.05, 3.63) is 18.2 Å². The van der Waals surface area contributed by atoms with Crippen LogP contribution in [-0.2, 0) is 11.2 Å². The van der Waals surface area contributed by atoms with Crippen molar-refractivity contribution in [3.63, 3.8) is 0 Å². The van der Waals surface area contributed by atoms with Gasteiger partial charge in [-0.15, -0.1) is 0 Å². The molecule has 0 saturated carbocycles. The number of rotatable bonds is 8. The number of amides is 2. The number of aryl methyl sites for hydroxylation is 1. The van der Waals surface area contributed by atoms with Crippen molar-refractivity contribution >= 4 is 12.0 Å². The van der Waals surface area contributed by atoms with Gasteiger partial charge in [-0.1, -0.05) is 20.3 Å². The number of H-pyrrole nitrogens is 1. The number of nitrogens with one attached hydrogen (secondary N) is 3. The smallest absolute Gasteiger partial charge is 0.326 e. The van der Waals surface area contributed by atoms with E-state index in [1.807, 2.05) is 6.92 Å². The molecular weight excluding hydrogens is 260 g/mol. The second-order valence-electron chi connectivity index (χ2n) is 4.74. The summed E-state index contributed by atoms with van der Waals surface area (Å²) in [7, 11) is 0. The number of aliphatic carboxylic acids is 1. The minimum absolute atomic E-state index is 0.110. The highest BCUT2D eigenvalue weighted by Crippen LogP contribution is 2.07. The quantitative estimate of drug-likeness (QED) is 0.536. The van der Waals surface area contributed by atoms with Crippen molar-refractivity contribution in [3.8, 4) is 0 Å². The largest absolute Gasteiger partial charge is 0.480 e. The molecule has 20 heavy (non-hydrogen) atoms. The molecule has 0 aliphatic heterocycles. The molecule has 1 aromatic rings. The highest BCUT2D eigenvalue weighted by molar-refractivity contribution is 5.82. The van der Waals surface area contributed by atoms with E-state index in [-0.39, 0.29) is 5.92 Å². The number of carbonyl (C=O) groups is 2. The first-order valence-electron chi connectivity index (χ1n) is 6.80. The van der Waals surface area contributed by atoms with Crippen LogP contribution in [0.1, 0.15) is 32.5 Å². The van der Waals surface area contributed by atoms with Crippen LogP contribution in [0.2, 0.25) is 0 Å². The first-order valence-corrected chi connectivity index (χ1v) is 6.80. The number of hydrogen-bond acceptors (Lipinski definition) is 3. The monoisotopic (exact) mass is 282 g/mol. The Kier molecular flexibility index (Phi) is 6.55. The SMILES string of the molecule is CCC(C)C(NC(=O)NCCCc1ncc[nH]1)C(=O)O. The molecule has 7 heteroatoms. The van der Waals surface area contributed by atoms with Crippen molar-refractivity contribution in [1.82, 2.24) is 20.6 Å². The van der Waals surface area contributed by atoms with E-state index >= 15 is 0 Å². The van der Waals surface area contributed by atoms with Crippen LogP contribution in [-0.4, -0.2) is 39.7 Å². The third-order valence-electron chi connectivity index (χ3n) is 3.20. The Morgan fingerprint density at radius 2 is 2.25 bits per heavy atom. The van der Waals surface area contributed by atoms with Crippen molar-refractivity contribution in [1.29, 1.82) is 0 Å². The molecule has 0 aliphatic rings. The Morgan fingerprint density at radius 1 is 1.50 bits per heavy atom. The van der Waals surface area contributed by atoms with Crippen LogP contribution in [0.15, 0.2) is 12.4 Å². The Bertz CT molecular complexity index is 419. The van der Waals surface area contributed by atoms with E-state index in [2.05, 4.69) is 20.6 Å². The van der Waals surface area contributed by atoms with Gasteiger partial charge in [0, 0.05) is 25.4 Å². The minimum Gasteiger partial charge on any atom is -0.480 e. The lowest BCUT2D eigenvalue weighted by atomic mass is 9.99. The van der Waals surface area contributed by atoms with Crippen molar-refractivity contribution in [2.24, 2.45) is 5.92 Å². The first-order chi connectivity index (χ1) is 9.54. The highest BCUT2D eigenvalue weighted by atomic mass is 16.4. The van der Waals surface area contributed by atoms with E-state index in [9.17, 15) is 9.59 Å². The summed E-state index contributed by atoms with van der Waals surface area (Å²) in [5.41, 5.74) is 0. The third kappa shape index (κ3) is 5.29. The number of carboxylic acids is 1. The summed E-state index contributed by atoms with van der Waals surface area (Å²) >= 11 is 0. The Hall–Kier alpha value is -2.05. The summed E-state index contributed by atoms with van der Waals surface area (Å²) in [5.74, 6) is -0.248. The maximum Gasteiger partial charge on any atom is 0.326 e. The van der Waals surface area contributed by atoms with Gasteiger partial charge in [0.25, 0.3) is 0 Å². The van der Waals surface area contributed by atoms with E-state index < -0.39 is 18.0 Å². The average Bonchev–Trinajstić information content (AvgIpc) is 2.93. The zero-order valence-electron chi connectivity index (χ0n) is 11.8. The van der Waals surface area contributed by atoms with Gasteiger partial charge in [0.05, 0.1) is 0 Å². The lowest BCUT2D eigenvalue weighted by Crippen LogP contribution is -2.49.